The second-order valence-corrected chi connectivity index (χ2v) is 4.93. The number of methoxy groups -OCH3 is 1. The molecule has 1 aliphatic rings. The van der Waals surface area contributed by atoms with Crippen LogP contribution in [0.3, 0.4) is 0 Å². The number of likely N-dealkylation sites (N-methyl/N-ethyl adjacent to an activating group) is 1. The molecule has 19 heavy (non-hydrogen) atoms. The molecule has 0 aromatic carbocycles. The average Bonchev–Trinajstić information content (AvgIpc) is 2.82. The predicted octanol–water partition coefficient (Wildman–Crippen LogP) is 0.662. The molecule has 0 saturated carbocycles. The molecule has 0 aliphatic carbocycles. The van der Waals surface area contributed by atoms with Gasteiger partial charge in [0.25, 0.3) is 0 Å². The molecule has 108 valence electrons. The van der Waals surface area contributed by atoms with Crippen molar-refractivity contribution in [2.24, 2.45) is 0 Å². The molecule has 6 heteroatoms. The first-order valence-corrected chi connectivity index (χ1v) is 6.83. The Labute approximate surface area is 114 Å². The van der Waals surface area contributed by atoms with Gasteiger partial charge in [0.1, 0.15) is 0 Å². The van der Waals surface area contributed by atoms with E-state index in [4.69, 9.17) is 9.47 Å². The minimum absolute atomic E-state index is 0.243. The average molecular weight is 268 g/mol. The molecule has 1 saturated heterocycles. The third-order valence-corrected chi connectivity index (χ3v) is 3.27. The number of nitrogens with one attached hydrogen (secondary N) is 1. The highest BCUT2D eigenvalue weighted by Gasteiger charge is 2.18. The van der Waals surface area contributed by atoms with E-state index in [9.17, 15) is 0 Å². The van der Waals surface area contributed by atoms with Crippen molar-refractivity contribution in [2.75, 3.05) is 52.3 Å². The Morgan fingerprint density at radius 2 is 2.47 bits per heavy atom. The Morgan fingerprint density at radius 3 is 3.26 bits per heavy atom. The lowest BCUT2D eigenvalue weighted by Crippen LogP contribution is -2.42. The van der Waals surface area contributed by atoms with Crippen molar-refractivity contribution >= 4 is 5.95 Å². The van der Waals surface area contributed by atoms with Gasteiger partial charge in [-0.3, -0.25) is 0 Å². The minimum atomic E-state index is 0.243. The van der Waals surface area contributed by atoms with Gasteiger partial charge in [0.15, 0.2) is 0 Å². The Bertz CT molecular complexity index is 369. The number of ether oxygens (including phenoxy) is 2. The second-order valence-electron chi connectivity index (χ2n) is 4.93. The van der Waals surface area contributed by atoms with E-state index in [-0.39, 0.29) is 6.10 Å². The third kappa shape index (κ3) is 4.49. The molecule has 6 nitrogen and oxygen atoms in total. The molecule has 0 amide bonds. The molecular weight excluding hydrogens is 244 g/mol. The van der Waals surface area contributed by atoms with Crippen LogP contribution in [0.25, 0.3) is 0 Å². The molecule has 0 spiro atoms. The summed E-state index contributed by atoms with van der Waals surface area (Å²) in [4.78, 5) is 6.64. The molecule has 1 atom stereocenters. The van der Waals surface area contributed by atoms with Gasteiger partial charge < -0.3 is 24.3 Å². The number of imidazole rings is 1. The summed E-state index contributed by atoms with van der Waals surface area (Å²) < 4.78 is 12.9. The van der Waals surface area contributed by atoms with Crippen LogP contribution >= 0.6 is 0 Å². The molecule has 1 N–H and O–H groups in total. The number of aromatic nitrogens is 2. The molecule has 0 bridgehead atoms. The Hall–Kier alpha value is -1.11. The van der Waals surface area contributed by atoms with E-state index in [0.717, 1.165) is 51.8 Å². The molecule has 1 aromatic rings. The number of nitrogens with zero attached hydrogens (tertiary/aromatic N) is 3. The van der Waals surface area contributed by atoms with E-state index in [1.165, 1.54) is 0 Å². The molecule has 2 rings (SSSR count). The number of anilines is 1. The smallest absolute Gasteiger partial charge is 0.202 e. The van der Waals surface area contributed by atoms with Crippen molar-refractivity contribution < 1.29 is 9.47 Å². The topological polar surface area (TPSA) is 51.5 Å². The van der Waals surface area contributed by atoms with E-state index in [0.29, 0.717) is 0 Å². The van der Waals surface area contributed by atoms with Gasteiger partial charge in [-0.25, -0.2) is 4.98 Å². The van der Waals surface area contributed by atoms with Crippen LogP contribution in [0.15, 0.2) is 12.4 Å². The summed E-state index contributed by atoms with van der Waals surface area (Å²) in [5, 5.41) is 3.33. The highest BCUT2D eigenvalue weighted by molar-refractivity contribution is 5.25. The van der Waals surface area contributed by atoms with Gasteiger partial charge in [-0.05, 0) is 13.5 Å². The van der Waals surface area contributed by atoms with Crippen LogP contribution in [0.2, 0.25) is 0 Å². The standard InChI is InChI=1S/C13H24N4O2/c1-16-7-9-19-12(10-16)11-17-6-5-15-13(17)14-4-3-8-18-2/h5-6,12H,3-4,7-11H2,1-2H3,(H,14,15). The van der Waals surface area contributed by atoms with Crippen molar-refractivity contribution in [3.05, 3.63) is 12.4 Å². The highest BCUT2D eigenvalue weighted by Crippen LogP contribution is 2.10. The number of rotatable bonds is 7. The van der Waals surface area contributed by atoms with Crippen LogP contribution in [-0.2, 0) is 16.0 Å². The fourth-order valence-corrected chi connectivity index (χ4v) is 2.24. The van der Waals surface area contributed by atoms with Crippen LogP contribution in [-0.4, -0.2) is 67.6 Å². The maximum absolute atomic E-state index is 5.78. The first-order valence-electron chi connectivity index (χ1n) is 6.83. The van der Waals surface area contributed by atoms with Crippen LogP contribution in [0.1, 0.15) is 6.42 Å². The van der Waals surface area contributed by atoms with E-state index in [1.54, 1.807) is 7.11 Å². The molecule has 1 aromatic heterocycles. The van der Waals surface area contributed by atoms with Crippen LogP contribution in [0.4, 0.5) is 5.95 Å². The molecular formula is C13H24N4O2. The molecule has 2 heterocycles. The zero-order valence-electron chi connectivity index (χ0n) is 11.8. The fraction of sp³-hybridized carbons (Fsp3) is 0.769. The van der Waals surface area contributed by atoms with Gasteiger partial charge in [-0.1, -0.05) is 0 Å². The Kier molecular flexibility index (Phi) is 5.62. The Morgan fingerprint density at radius 1 is 1.58 bits per heavy atom. The highest BCUT2D eigenvalue weighted by atomic mass is 16.5. The summed E-state index contributed by atoms with van der Waals surface area (Å²) in [5.74, 6) is 0.910. The SMILES string of the molecule is COCCCNc1nccn1CC1CN(C)CCO1. The monoisotopic (exact) mass is 268 g/mol. The van der Waals surface area contributed by atoms with Crippen LogP contribution < -0.4 is 5.32 Å². The van der Waals surface area contributed by atoms with Gasteiger partial charge in [0.05, 0.1) is 19.3 Å². The van der Waals surface area contributed by atoms with Gasteiger partial charge in [0.2, 0.25) is 5.95 Å². The van der Waals surface area contributed by atoms with Crippen molar-refractivity contribution in [1.29, 1.82) is 0 Å². The zero-order chi connectivity index (χ0) is 13.5. The van der Waals surface area contributed by atoms with Gasteiger partial charge >= 0.3 is 0 Å². The van der Waals surface area contributed by atoms with Gasteiger partial charge in [-0.15, -0.1) is 0 Å². The molecule has 0 radical (unpaired) electrons. The van der Waals surface area contributed by atoms with E-state index in [2.05, 4.69) is 26.8 Å². The lowest BCUT2D eigenvalue weighted by atomic mass is 10.3. The summed E-state index contributed by atoms with van der Waals surface area (Å²) in [7, 11) is 3.85. The van der Waals surface area contributed by atoms with Crippen molar-refractivity contribution in [1.82, 2.24) is 14.5 Å². The third-order valence-electron chi connectivity index (χ3n) is 3.27. The predicted molar refractivity (Wildman–Crippen MR) is 74.4 cm³/mol. The quantitative estimate of drug-likeness (QED) is 0.736. The molecule has 1 aliphatic heterocycles. The number of hydrogen-bond donors (Lipinski definition) is 1. The lowest BCUT2D eigenvalue weighted by Gasteiger charge is -2.30. The summed E-state index contributed by atoms with van der Waals surface area (Å²) in [5.41, 5.74) is 0. The maximum Gasteiger partial charge on any atom is 0.202 e. The number of hydrogen-bond acceptors (Lipinski definition) is 5. The van der Waals surface area contributed by atoms with Crippen molar-refractivity contribution in [3.8, 4) is 0 Å². The normalized spacial score (nSPS) is 20.6. The minimum Gasteiger partial charge on any atom is -0.385 e. The van der Waals surface area contributed by atoms with Gasteiger partial charge in [-0.2, -0.15) is 0 Å². The largest absolute Gasteiger partial charge is 0.385 e. The zero-order valence-corrected chi connectivity index (χ0v) is 11.8. The summed E-state index contributed by atoms with van der Waals surface area (Å²) in [6, 6.07) is 0. The van der Waals surface area contributed by atoms with Gasteiger partial charge in [0, 0.05) is 45.7 Å². The van der Waals surface area contributed by atoms with Crippen molar-refractivity contribution in [2.45, 2.75) is 19.1 Å². The van der Waals surface area contributed by atoms with Crippen molar-refractivity contribution in [3.63, 3.8) is 0 Å². The summed E-state index contributed by atoms with van der Waals surface area (Å²) in [6.07, 6.45) is 5.04. The van der Waals surface area contributed by atoms with Crippen LogP contribution in [0, 0.1) is 0 Å². The van der Waals surface area contributed by atoms with E-state index in [1.807, 2.05) is 12.4 Å². The number of morpholine rings is 1. The fourth-order valence-electron chi connectivity index (χ4n) is 2.24. The van der Waals surface area contributed by atoms with E-state index >= 15 is 0 Å². The summed E-state index contributed by atoms with van der Waals surface area (Å²) in [6.45, 7) is 5.29. The maximum atomic E-state index is 5.78. The second kappa shape index (κ2) is 7.47. The molecule has 1 fully saturated rings. The first kappa shape index (κ1) is 14.3. The van der Waals surface area contributed by atoms with E-state index < -0.39 is 0 Å². The lowest BCUT2D eigenvalue weighted by molar-refractivity contribution is -0.0272. The van der Waals surface area contributed by atoms with Crippen LogP contribution in [0.5, 0.6) is 0 Å². The first-order chi connectivity index (χ1) is 9.29. The summed E-state index contributed by atoms with van der Waals surface area (Å²) >= 11 is 0. The molecule has 1 unspecified atom stereocenters. The Balaban J connectivity index is 1.81.